The van der Waals surface area contributed by atoms with Gasteiger partial charge in [-0.1, -0.05) is 6.07 Å². The summed E-state index contributed by atoms with van der Waals surface area (Å²) in [6.45, 7) is 1.86. The van der Waals surface area contributed by atoms with E-state index >= 15 is 0 Å². The maximum absolute atomic E-state index is 12.1. The first-order valence-corrected chi connectivity index (χ1v) is 6.75. The van der Waals surface area contributed by atoms with E-state index in [2.05, 4.69) is 5.32 Å². The third-order valence-electron chi connectivity index (χ3n) is 2.81. The van der Waals surface area contributed by atoms with Crippen LogP contribution < -0.4 is 11.1 Å². The van der Waals surface area contributed by atoms with Crippen molar-refractivity contribution in [3.63, 3.8) is 0 Å². The van der Waals surface area contributed by atoms with Crippen LogP contribution in [-0.4, -0.2) is 10.8 Å². The summed E-state index contributed by atoms with van der Waals surface area (Å²) < 4.78 is 0. The third kappa shape index (κ3) is 2.94. The lowest BCUT2D eigenvalue weighted by atomic mass is 10.1. The number of hydrogen-bond acceptors (Lipinski definition) is 5. The summed E-state index contributed by atoms with van der Waals surface area (Å²) >= 11 is 1.54. The Bertz CT molecular complexity index is 640. The second-order valence-corrected chi connectivity index (χ2v) is 5.22. The maximum atomic E-state index is 12.1. The molecule has 1 unspecified atom stereocenters. The van der Waals surface area contributed by atoms with Crippen LogP contribution in [0.2, 0.25) is 0 Å². The molecule has 0 aliphatic heterocycles. The van der Waals surface area contributed by atoms with E-state index in [1.807, 2.05) is 24.4 Å². The number of benzene rings is 1. The molecule has 1 heterocycles. The molecule has 0 aliphatic carbocycles. The lowest BCUT2D eigenvalue weighted by Crippen LogP contribution is -2.26. The van der Waals surface area contributed by atoms with Gasteiger partial charge in [-0.05, 0) is 30.5 Å². The quantitative estimate of drug-likeness (QED) is 0.514. The van der Waals surface area contributed by atoms with E-state index in [9.17, 15) is 14.9 Å². The Kier molecular flexibility index (Phi) is 3.99. The summed E-state index contributed by atoms with van der Waals surface area (Å²) in [7, 11) is 0. The molecular weight excluding hydrogens is 278 g/mol. The second kappa shape index (κ2) is 5.70. The van der Waals surface area contributed by atoms with E-state index < -0.39 is 4.92 Å². The van der Waals surface area contributed by atoms with Gasteiger partial charge in [0.15, 0.2) is 0 Å². The molecular formula is C13H13N3O3S. The van der Waals surface area contributed by atoms with Crippen LogP contribution in [0.1, 0.15) is 28.2 Å². The van der Waals surface area contributed by atoms with Crippen molar-refractivity contribution >= 4 is 28.6 Å². The number of rotatable bonds is 4. The highest BCUT2D eigenvalue weighted by molar-refractivity contribution is 7.10. The summed E-state index contributed by atoms with van der Waals surface area (Å²) in [6, 6.07) is 7.68. The van der Waals surface area contributed by atoms with Gasteiger partial charge >= 0.3 is 0 Å². The van der Waals surface area contributed by atoms with Crippen molar-refractivity contribution in [2.75, 3.05) is 5.73 Å². The van der Waals surface area contributed by atoms with Gasteiger partial charge in [0.1, 0.15) is 5.69 Å². The Hall–Kier alpha value is -2.41. The largest absolute Gasteiger partial charge is 0.393 e. The minimum atomic E-state index is -0.602. The van der Waals surface area contributed by atoms with E-state index in [4.69, 9.17) is 5.73 Å². The molecule has 1 aromatic heterocycles. The number of amides is 1. The number of anilines is 1. The van der Waals surface area contributed by atoms with Gasteiger partial charge in [-0.25, -0.2) is 0 Å². The SMILES string of the molecule is CC(NC(=O)c1ccc(N)c([N+](=O)[O-])c1)c1cccs1. The minimum absolute atomic E-state index is 0.0397. The van der Waals surface area contributed by atoms with Crippen molar-refractivity contribution in [3.05, 3.63) is 56.3 Å². The number of nitro groups is 1. The van der Waals surface area contributed by atoms with Gasteiger partial charge in [-0.3, -0.25) is 14.9 Å². The Morgan fingerprint density at radius 3 is 2.80 bits per heavy atom. The molecule has 0 saturated carbocycles. The van der Waals surface area contributed by atoms with E-state index in [0.29, 0.717) is 0 Å². The molecule has 1 amide bonds. The number of nitrogens with two attached hydrogens (primary N) is 1. The number of hydrogen-bond donors (Lipinski definition) is 2. The van der Waals surface area contributed by atoms with Crippen molar-refractivity contribution in [3.8, 4) is 0 Å². The molecule has 0 radical (unpaired) electrons. The molecule has 0 spiro atoms. The number of nitro benzene ring substituents is 1. The predicted molar refractivity (Wildman–Crippen MR) is 77.7 cm³/mol. The van der Waals surface area contributed by atoms with Gasteiger partial charge in [0.2, 0.25) is 0 Å². The predicted octanol–water partition coefficient (Wildman–Crippen LogP) is 2.73. The molecule has 7 heteroatoms. The monoisotopic (exact) mass is 291 g/mol. The van der Waals surface area contributed by atoms with Crippen LogP contribution in [-0.2, 0) is 0 Å². The molecule has 0 bridgehead atoms. The molecule has 1 atom stereocenters. The Morgan fingerprint density at radius 1 is 1.45 bits per heavy atom. The first kappa shape index (κ1) is 14.0. The number of nitrogen functional groups attached to an aromatic ring is 1. The molecule has 3 N–H and O–H groups in total. The third-order valence-corrected chi connectivity index (χ3v) is 3.86. The fourth-order valence-electron chi connectivity index (χ4n) is 1.73. The molecule has 0 aliphatic rings. The van der Waals surface area contributed by atoms with Crippen LogP contribution in [0.3, 0.4) is 0 Å². The highest BCUT2D eigenvalue weighted by Gasteiger charge is 2.17. The van der Waals surface area contributed by atoms with Gasteiger partial charge < -0.3 is 11.1 Å². The van der Waals surface area contributed by atoms with Crippen LogP contribution in [0.4, 0.5) is 11.4 Å². The van der Waals surface area contributed by atoms with Crippen LogP contribution in [0.15, 0.2) is 35.7 Å². The van der Waals surface area contributed by atoms with Crippen molar-refractivity contribution in [1.82, 2.24) is 5.32 Å². The minimum Gasteiger partial charge on any atom is -0.393 e. The maximum Gasteiger partial charge on any atom is 0.292 e. The van der Waals surface area contributed by atoms with Crippen LogP contribution in [0, 0.1) is 10.1 Å². The Morgan fingerprint density at radius 2 is 2.20 bits per heavy atom. The first-order chi connectivity index (χ1) is 9.49. The van der Waals surface area contributed by atoms with Crippen LogP contribution in [0.25, 0.3) is 0 Å². The zero-order chi connectivity index (χ0) is 14.7. The van der Waals surface area contributed by atoms with E-state index in [1.165, 1.54) is 29.5 Å². The molecule has 104 valence electrons. The highest BCUT2D eigenvalue weighted by Crippen LogP contribution is 2.23. The van der Waals surface area contributed by atoms with E-state index in [-0.39, 0.29) is 28.9 Å². The van der Waals surface area contributed by atoms with Crippen LogP contribution >= 0.6 is 11.3 Å². The summed E-state index contributed by atoms with van der Waals surface area (Å²) in [4.78, 5) is 23.3. The summed E-state index contributed by atoms with van der Waals surface area (Å²) in [5.74, 6) is -0.367. The number of nitrogens with one attached hydrogen (secondary N) is 1. The highest BCUT2D eigenvalue weighted by atomic mass is 32.1. The molecule has 1 aromatic carbocycles. The average molecular weight is 291 g/mol. The van der Waals surface area contributed by atoms with Crippen molar-refractivity contribution in [2.24, 2.45) is 0 Å². The number of thiophene rings is 1. The molecule has 0 saturated heterocycles. The molecule has 6 nitrogen and oxygen atoms in total. The molecule has 2 aromatic rings. The smallest absolute Gasteiger partial charge is 0.292 e. The van der Waals surface area contributed by atoms with Gasteiger partial charge in [-0.15, -0.1) is 11.3 Å². The standard InChI is InChI=1S/C13H13N3O3S/c1-8(12-3-2-6-20-12)15-13(17)9-4-5-10(14)11(7-9)16(18)19/h2-8H,14H2,1H3,(H,15,17). The summed E-state index contributed by atoms with van der Waals surface area (Å²) in [5, 5.41) is 15.5. The number of carbonyl (C=O) groups excluding carboxylic acids is 1. The molecule has 0 fully saturated rings. The Labute approximate surface area is 119 Å². The van der Waals surface area contributed by atoms with Gasteiger partial charge in [0.25, 0.3) is 11.6 Å². The summed E-state index contributed by atoms with van der Waals surface area (Å²) in [6.07, 6.45) is 0. The number of nitrogens with zero attached hydrogens (tertiary/aromatic N) is 1. The van der Waals surface area contributed by atoms with Crippen molar-refractivity contribution < 1.29 is 9.72 Å². The van der Waals surface area contributed by atoms with Gasteiger partial charge in [0.05, 0.1) is 11.0 Å². The van der Waals surface area contributed by atoms with Gasteiger partial charge in [0, 0.05) is 16.5 Å². The fourth-order valence-corrected chi connectivity index (χ4v) is 2.47. The van der Waals surface area contributed by atoms with Crippen LogP contribution in [0.5, 0.6) is 0 Å². The average Bonchev–Trinajstić information content (AvgIpc) is 2.92. The van der Waals surface area contributed by atoms with Crippen molar-refractivity contribution in [2.45, 2.75) is 13.0 Å². The normalized spacial score (nSPS) is 11.8. The van der Waals surface area contributed by atoms with E-state index in [0.717, 1.165) is 4.88 Å². The lowest BCUT2D eigenvalue weighted by molar-refractivity contribution is -0.383. The van der Waals surface area contributed by atoms with Gasteiger partial charge in [-0.2, -0.15) is 0 Å². The second-order valence-electron chi connectivity index (χ2n) is 4.24. The Balaban J connectivity index is 2.17. The van der Waals surface area contributed by atoms with E-state index in [1.54, 1.807) is 0 Å². The molecule has 20 heavy (non-hydrogen) atoms. The number of carbonyl (C=O) groups is 1. The zero-order valence-electron chi connectivity index (χ0n) is 10.7. The summed E-state index contributed by atoms with van der Waals surface area (Å²) in [5.41, 5.74) is 5.49. The van der Waals surface area contributed by atoms with Crippen molar-refractivity contribution in [1.29, 1.82) is 0 Å². The lowest BCUT2D eigenvalue weighted by Gasteiger charge is -2.12. The fraction of sp³-hybridized carbons (Fsp3) is 0.154. The zero-order valence-corrected chi connectivity index (χ0v) is 11.5. The molecule has 2 rings (SSSR count). The topological polar surface area (TPSA) is 98.3 Å². The first-order valence-electron chi connectivity index (χ1n) is 5.87.